The first kappa shape index (κ1) is 20.3. The Kier molecular flexibility index (Phi) is 5.78. The maximum absolute atomic E-state index is 12.0. The lowest BCUT2D eigenvalue weighted by Crippen LogP contribution is -2.19. The zero-order valence-corrected chi connectivity index (χ0v) is 17.6. The van der Waals surface area contributed by atoms with Crippen molar-refractivity contribution < 1.29 is 4.79 Å². The quantitative estimate of drug-likeness (QED) is 0.457. The van der Waals surface area contributed by atoms with Gasteiger partial charge in [-0.05, 0) is 24.6 Å². The van der Waals surface area contributed by atoms with Crippen molar-refractivity contribution in [3.8, 4) is 5.82 Å². The van der Waals surface area contributed by atoms with Crippen LogP contribution in [0.2, 0.25) is 0 Å². The van der Waals surface area contributed by atoms with Gasteiger partial charge in [0.1, 0.15) is 6.33 Å². The van der Waals surface area contributed by atoms with E-state index in [1.54, 1.807) is 48.2 Å². The molecule has 1 N–H and O–H groups in total. The molecule has 0 bridgehead atoms. The first-order chi connectivity index (χ1) is 15.2. The van der Waals surface area contributed by atoms with Crippen molar-refractivity contribution in [3.05, 3.63) is 65.3 Å². The molecule has 0 aliphatic rings. The SMILES string of the molecule is CCCc1c(Cc2ccnn2-c2ncccc2C=NC)ncn2nc(C(=O)NC)nc12. The minimum absolute atomic E-state index is 0.126. The average Bonchev–Trinajstić information content (AvgIpc) is 3.43. The van der Waals surface area contributed by atoms with Crippen LogP contribution in [0.15, 0.2) is 41.9 Å². The van der Waals surface area contributed by atoms with Crippen LogP contribution in [-0.2, 0) is 12.8 Å². The van der Waals surface area contributed by atoms with Crippen molar-refractivity contribution in [2.45, 2.75) is 26.2 Å². The Balaban J connectivity index is 1.77. The summed E-state index contributed by atoms with van der Waals surface area (Å²) >= 11 is 0. The smallest absolute Gasteiger partial charge is 0.290 e. The van der Waals surface area contributed by atoms with Gasteiger partial charge in [0.2, 0.25) is 5.82 Å². The molecule has 158 valence electrons. The topological polar surface area (TPSA) is 115 Å². The van der Waals surface area contributed by atoms with Crippen molar-refractivity contribution >= 4 is 17.8 Å². The highest BCUT2D eigenvalue weighted by Gasteiger charge is 2.19. The molecule has 0 unspecified atom stereocenters. The van der Waals surface area contributed by atoms with Gasteiger partial charge < -0.3 is 5.32 Å². The summed E-state index contributed by atoms with van der Waals surface area (Å²) in [5.74, 6) is 0.502. The molecule has 0 aliphatic heterocycles. The summed E-state index contributed by atoms with van der Waals surface area (Å²) in [6, 6.07) is 5.76. The minimum atomic E-state index is -0.328. The number of rotatable bonds is 7. The van der Waals surface area contributed by atoms with Crippen LogP contribution in [0.5, 0.6) is 0 Å². The molecule has 4 rings (SSSR count). The number of aliphatic imine (C=N–C) groups is 1. The Morgan fingerprint density at radius 2 is 2.13 bits per heavy atom. The Morgan fingerprint density at radius 3 is 2.90 bits per heavy atom. The summed E-state index contributed by atoms with van der Waals surface area (Å²) in [7, 11) is 3.28. The molecule has 0 radical (unpaired) electrons. The first-order valence-corrected chi connectivity index (χ1v) is 10.0. The maximum atomic E-state index is 12.0. The second-order valence-electron chi connectivity index (χ2n) is 6.92. The van der Waals surface area contributed by atoms with Crippen molar-refractivity contribution in [1.29, 1.82) is 0 Å². The number of carbonyl (C=O) groups is 1. The number of aromatic nitrogens is 7. The fourth-order valence-corrected chi connectivity index (χ4v) is 3.46. The Labute approximate surface area is 179 Å². The lowest BCUT2D eigenvalue weighted by molar-refractivity contribution is 0.0953. The molecular formula is C21H23N9O. The summed E-state index contributed by atoms with van der Waals surface area (Å²) in [5, 5.41) is 11.3. The summed E-state index contributed by atoms with van der Waals surface area (Å²) < 4.78 is 3.36. The highest BCUT2D eigenvalue weighted by atomic mass is 16.2. The Morgan fingerprint density at radius 1 is 1.26 bits per heavy atom. The monoisotopic (exact) mass is 417 g/mol. The minimum Gasteiger partial charge on any atom is -0.352 e. The van der Waals surface area contributed by atoms with Gasteiger partial charge in [0.15, 0.2) is 11.5 Å². The Bertz CT molecular complexity index is 1250. The normalized spacial score (nSPS) is 11.5. The van der Waals surface area contributed by atoms with E-state index in [9.17, 15) is 4.79 Å². The number of pyridine rings is 1. The maximum Gasteiger partial charge on any atom is 0.290 e. The second-order valence-corrected chi connectivity index (χ2v) is 6.92. The van der Waals surface area contributed by atoms with E-state index in [0.717, 1.165) is 35.4 Å². The van der Waals surface area contributed by atoms with E-state index in [0.29, 0.717) is 17.9 Å². The molecule has 4 aromatic rings. The fraction of sp³-hybridized carbons (Fsp3) is 0.286. The van der Waals surface area contributed by atoms with Crippen LogP contribution in [0.25, 0.3) is 11.5 Å². The van der Waals surface area contributed by atoms with Gasteiger partial charge in [0.25, 0.3) is 5.91 Å². The molecule has 0 saturated heterocycles. The molecule has 1 amide bonds. The van der Waals surface area contributed by atoms with Gasteiger partial charge in [-0.3, -0.25) is 9.79 Å². The summed E-state index contributed by atoms with van der Waals surface area (Å²) in [6.45, 7) is 2.10. The molecule has 0 atom stereocenters. The number of carbonyl (C=O) groups excluding carboxylic acids is 1. The highest BCUT2D eigenvalue weighted by molar-refractivity contribution is 5.90. The fourth-order valence-electron chi connectivity index (χ4n) is 3.46. The molecule has 0 saturated carbocycles. The molecule has 4 aromatic heterocycles. The van der Waals surface area contributed by atoms with Crippen LogP contribution < -0.4 is 5.32 Å². The number of nitrogens with zero attached hydrogens (tertiary/aromatic N) is 8. The van der Waals surface area contributed by atoms with E-state index >= 15 is 0 Å². The van der Waals surface area contributed by atoms with Crippen molar-refractivity contribution in [1.82, 2.24) is 39.7 Å². The third-order valence-corrected chi connectivity index (χ3v) is 4.86. The Hall–Kier alpha value is -3.95. The van der Waals surface area contributed by atoms with Crippen LogP contribution in [0, 0.1) is 0 Å². The van der Waals surface area contributed by atoms with Gasteiger partial charge in [-0.2, -0.15) is 5.10 Å². The second kappa shape index (κ2) is 8.82. The van der Waals surface area contributed by atoms with E-state index in [1.165, 1.54) is 0 Å². The first-order valence-electron chi connectivity index (χ1n) is 10.0. The zero-order chi connectivity index (χ0) is 21.8. The summed E-state index contributed by atoms with van der Waals surface area (Å²) in [6.07, 6.45) is 9.05. The molecular weight excluding hydrogens is 394 g/mol. The number of amides is 1. The summed E-state index contributed by atoms with van der Waals surface area (Å²) in [4.78, 5) is 29.7. The molecule has 0 spiro atoms. The molecule has 31 heavy (non-hydrogen) atoms. The van der Waals surface area contributed by atoms with Crippen LogP contribution in [0.1, 0.15) is 46.5 Å². The largest absolute Gasteiger partial charge is 0.352 e. The molecule has 10 nitrogen and oxygen atoms in total. The van der Waals surface area contributed by atoms with Gasteiger partial charge in [-0.1, -0.05) is 13.3 Å². The number of nitrogens with one attached hydrogen (secondary N) is 1. The van der Waals surface area contributed by atoms with Crippen molar-refractivity contribution in [3.63, 3.8) is 0 Å². The standard InChI is InChI=1S/C21H23N9O/c1-4-6-16-17(25-13-29-20(16)27-18(28-29)21(31)23-3)11-15-8-10-26-30(15)19-14(12-22-2)7-5-9-24-19/h5,7-10,12-13H,4,6,11H2,1-3H3,(H,23,31). The van der Waals surface area contributed by atoms with E-state index in [-0.39, 0.29) is 11.7 Å². The predicted molar refractivity (Wildman–Crippen MR) is 116 cm³/mol. The van der Waals surface area contributed by atoms with E-state index in [2.05, 4.69) is 42.4 Å². The van der Waals surface area contributed by atoms with E-state index in [4.69, 9.17) is 0 Å². The van der Waals surface area contributed by atoms with Crippen LogP contribution in [-0.4, -0.2) is 60.6 Å². The average molecular weight is 417 g/mol. The van der Waals surface area contributed by atoms with Crippen LogP contribution in [0.3, 0.4) is 0 Å². The highest BCUT2D eigenvalue weighted by Crippen LogP contribution is 2.20. The number of hydrogen-bond donors (Lipinski definition) is 1. The van der Waals surface area contributed by atoms with E-state index < -0.39 is 0 Å². The molecule has 10 heteroatoms. The van der Waals surface area contributed by atoms with Crippen LogP contribution >= 0.6 is 0 Å². The molecule has 0 aromatic carbocycles. The third-order valence-electron chi connectivity index (χ3n) is 4.86. The van der Waals surface area contributed by atoms with Gasteiger partial charge in [-0.25, -0.2) is 24.1 Å². The number of aryl methyl sites for hydroxylation is 1. The lowest BCUT2D eigenvalue weighted by atomic mass is 10.1. The van der Waals surface area contributed by atoms with Gasteiger partial charge in [0, 0.05) is 50.3 Å². The molecule has 0 fully saturated rings. The van der Waals surface area contributed by atoms with E-state index in [1.807, 2.05) is 18.2 Å². The third kappa shape index (κ3) is 3.91. The molecule has 0 aliphatic carbocycles. The lowest BCUT2D eigenvalue weighted by Gasteiger charge is -2.11. The molecule has 4 heterocycles. The van der Waals surface area contributed by atoms with Gasteiger partial charge in [0.05, 0.1) is 11.4 Å². The predicted octanol–water partition coefficient (Wildman–Crippen LogP) is 1.66. The number of hydrogen-bond acceptors (Lipinski definition) is 7. The van der Waals surface area contributed by atoms with Crippen molar-refractivity contribution in [2.75, 3.05) is 14.1 Å². The van der Waals surface area contributed by atoms with Gasteiger partial charge >= 0.3 is 0 Å². The number of fused-ring (bicyclic) bond motifs is 1. The van der Waals surface area contributed by atoms with Crippen LogP contribution in [0.4, 0.5) is 0 Å². The summed E-state index contributed by atoms with van der Waals surface area (Å²) in [5.41, 5.74) is 4.29. The zero-order valence-electron chi connectivity index (χ0n) is 17.6. The van der Waals surface area contributed by atoms with Crippen molar-refractivity contribution in [2.24, 2.45) is 4.99 Å². The van der Waals surface area contributed by atoms with Gasteiger partial charge in [-0.15, -0.1) is 5.10 Å².